The highest BCUT2D eigenvalue weighted by molar-refractivity contribution is 7.99. The summed E-state index contributed by atoms with van der Waals surface area (Å²) in [6.07, 6.45) is 18.9. The molecule has 0 aromatic rings. The quantitative estimate of drug-likeness (QED) is 0.0777. The smallest absolute Gasteiger partial charge is 0.481 e. The highest BCUT2D eigenvalue weighted by Gasteiger charge is 2.39. The predicted octanol–water partition coefficient (Wildman–Crippen LogP) is 9.12. The molecule has 0 saturated carbocycles. The molecular weight excluding hydrogens is 488 g/mol. The molecule has 0 radical (unpaired) electrons. The SMILES string of the molecule is CCCCCCCCCCC(C(=O)O)C(CCCCCCC)SCCC[Si](OCC)(OCC)OCC. The van der Waals surface area contributed by atoms with E-state index in [0.29, 0.717) is 19.8 Å². The third-order valence-corrected chi connectivity index (χ3v) is 11.4. The lowest BCUT2D eigenvalue weighted by atomic mass is 9.93. The van der Waals surface area contributed by atoms with E-state index in [0.717, 1.165) is 50.3 Å². The van der Waals surface area contributed by atoms with Gasteiger partial charge in [0, 0.05) is 31.1 Å². The van der Waals surface area contributed by atoms with Gasteiger partial charge in [0.05, 0.1) is 5.92 Å². The van der Waals surface area contributed by atoms with Gasteiger partial charge in [0.25, 0.3) is 0 Å². The average molecular weight is 549 g/mol. The molecule has 5 nitrogen and oxygen atoms in total. The predicted molar refractivity (Wildman–Crippen MR) is 158 cm³/mol. The molecule has 0 fully saturated rings. The van der Waals surface area contributed by atoms with Crippen molar-refractivity contribution < 1.29 is 23.2 Å². The van der Waals surface area contributed by atoms with E-state index in [2.05, 4.69) is 13.8 Å². The van der Waals surface area contributed by atoms with Crippen LogP contribution in [0.2, 0.25) is 6.04 Å². The first-order valence-electron chi connectivity index (χ1n) is 15.3. The summed E-state index contributed by atoms with van der Waals surface area (Å²) in [5.41, 5.74) is 0. The van der Waals surface area contributed by atoms with E-state index >= 15 is 0 Å². The van der Waals surface area contributed by atoms with Crippen LogP contribution in [-0.4, -0.2) is 50.7 Å². The van der Waals surface area contributed by atoms with Gasteiger partial charge in [-0.3, -0.25) is 4.79 Å². The molecule has 0 bridgehead atoms. The number of thioether (sulfide) groups is 1. The van der Waals surface area contributed by atoms with E-state index in [9.17, 15) is 9.90 Å². The van der Waals surface area contributed by atoms with Gasteiger partial charge < -0.3 is 18.4 Å². The molecule has 0 aromatic heterocycles. The fraction of sp³-hybridized carbons (Fsp3) is 0.966. The Kier molecular flexibility index (Phi) is 25.2. The maximum atomic E-state index is 12.3. The third kappa shape index (κ3) is 18.2. The van der Waals surface area contributed by atoms with Crippen LogP contribution in [0.15, 0.2) is 0 Å². The van der Waals surface area contributed by atoms with E-state index in [4.69, 9.17) is 13.3 Å². The standard InChI is InChI=1S/C29H60O5SSi/c1-6-11-13-15-16-17-19-20-23-27(29(30)31)28(24-21-18-14-12-7-2)35-25-22-26-36(32-8-3,33-9-4)34-10-5/h27-28H,6-26H2,1-5H3,(H,30,31). The molecule has 1 N–H and O–H groups in total. The summed E-state index contributed by atoms with van der Waals surface area (Å²) in [4.78, 5) is 12.3. The second-order valence-corrected chi connectivity index (χ2v) is 14.0. The summed E-state index contributed by atoms with van der Waals surface area (Å²) >= 11 is 1.87. The van der Waals surface area contributed by atoms with Crippen molar-refractivity contribution in [3.05, 3.63) is 0 Å². The molecule has 216 valence electrons. The molecule has 0 amide bonds. The van der Waals surface area contributed by atoms with Crippen molar-refractivity contribution >= 4 is 26.5 Å². The average Bonchev–Trinajstić information content (AvgIpc) is 2.85. The summed E-state index contributed by atoms with van der Waals surface area (Å²) < 4.78 is 18.0. The maximum absolute atomic E-state index is 12.3. The number of carboxylic acid groups (broad SMARTS) is 1. The Hall–Kier alpha value is -0.0831. The van der Waals surface area contributed by atoms with Crippen molar-refractivity contribution in [1.29, 1.82) is 0 Å². The van der Waals surface area contributed by atoms with E-state index in [1.807, 2.05) is 32.5 Å². The van der Waals surface area contributed by atoms with Crippen molar-refractivity contribution in [2.45, 2.75) is 149 Å². The molecule has 7 heteroatoms. The molecule has 0 aliphatic heterocycles. The van der Waals surface area contributed by atoms with Gasteiger partial charge in [-0.2, -0.15) is 11.8 Å². The number of unbranched alkanes of at least 4 members (excludes halogenated alkanes) is 11. The van der Waals surface area contributed by atoms with Crippen molar-refractivity contribution in [3.63, 3.8) is 0 Å². The topological polar surface area (TPSA) is 65.0 Å². The van der Waals surface area contributed by atoms with E-state index < -0.39 is 14.8 Å². The van der Waals surface area contributed by atoms with Gasteiger partial charge in [0.15, 0.2) is 0 Å². The molecule has 36 heavy (non-hydrogen) atoms. The van der Waals surface area contributed by atoms with Gasteiger partial charge in [-0.25, -0.2) is 0 Å². The van der Waals surface area contributed by atoms with Crippen LogP contribution in [0.25, 0.3) is 0 Å². The minimum absolute atomic E-state index is 0.191. The lowest BCUT2D eigenvalue weighted by Crippen LogP contribution is -2.46. The summed E-state index contributed by atoms with van der Waals surface area (Å²) in [7, 11) is -2.63. The Morgan fingerprint density at radius 1 is 0.667 bits per heavy atom. The molecule has 0 rings (SSSR count). The number of carboxylic acids is 1. The van der Waals surface area contributed by atoms with Gasteiger partial charge in [0.2, 0.25) is 0 Å². The minimum atomic E-state index is -2.63. The van der Waals surface area contributed by atoms with E-state index in [1.54, 1.807) is 0 Å². The summed E-state index contributed by atoms with van der Waals surface area (Å²) in [6.45, 7) is 12.3. The second-order valence-electron chi connectivity index (χ2n) is 9.91. The first-order valence-corrected chi connectivity index (χ1v) is 18.2. The van der Waals surface area contributed by atoms with Gasteiger partial charge in [-0.05, 0) is 45.8 Å². The van der Waals surface area contributed by atoms with Crippen LogP contribution in [0.1, 0.15) is 137 Å². The lowest BCUT2D eigenvalue weighted by Gasteiger charge is -2.29. The Balaban J connectivity index is 4.85. The zero-order valence-electron chi connectivity index (χ0n) is 24.5. The highest BCUT2D eigenvalue weighted by Crippen LogP contribution is 2.31. The Morgan fingerprint density at radius 3 is 1.56 bits per heavy atom. The van der Waals surface area contributed by atoms with Crippen molar-refractivity contribution in [2.24, 2.45) is 5.92 Å². The zero-order chi connectivity index (χ0) is 26.9. The van der Waals surface area contributed by atoms with Crippen LogP contribution in [0.3, 0.4) is 0 Å². The van der Waals surface area contributed by atoms with Gasteiger partial charge in [-0.15, -0.1) is 0 Å². The Bertz CT molecular complexity index is 477. The molecule has 2 unspecified atom stereocenters. The number of hydrogen-bond donors (Lipinski definition) is 1. The minimum Gasteiger partial charge on any atom is -0.481 e. The molecule has 0 saturated heterocycles. The monoisotopic (exact) mass is 548 g/mol. The molecule has 0 heterocycles. The van der Waals surface area contributed by atoms with Crippen molar-refractivity contribution in [1.82, 2.24) is 0 Å². The number of rotatable bonds is 28. The van der Waals surface area contributed by atoms with Gasteiger partial charge >= 0.3 is 14.8 Å². The van der Waals surface area contributed by atoms with Crippen LogP contribution >= 0.6 is 11.8 Å². The normalized spacial score (nSPS) is 13.7. The summed E-state index contributed by atoms with van der Waals surface area (Å²) in [5, 5.41) is 10.3. The maximum Gasteiger partial charge on any atom is 0.500 e. The Labute approximate surface area is 229 Å². The van der Waals surface area contributed by atoms with Crippen LogP contribution in [-0.2, 0) is 18.1 Å². The molecule has 0 aliphatic rings. The van der Waals surface area contributed by atoms with Gasteiger partial charge in [0.1, 0.15) is 0 Å². The fourth-order valence-electron chi connectivity index (χ4n) is 4.84. The van der Waals surface area contributed by atoms with Crippen molar-refractivity contribution in [2.75, 3.05) is 25.6 Å². The summed E-state index contributed by atoms with van der Waals surface area (Å²) in [6, 6.07) is 0.800. The largest absolute Gasteiger partial charge is 0.500 e. The van der Waals surface area contributed by atoms with Crippen LogP contribution in [0.4, 0.5) is 0 Å². The molecule has 2 atom stereocenters. The van der Waals surface area contributed by atoms with Crippen LogP contribution < -0.4 is 0 Å². The van der Waals surface area contributed by atoms with Crippen LogP contribution in [0.5, 0.6) is 0 Å². The molecule has 0 spiro atoms. The molecule has 0 aliphatic carbocycles. The number of hydrogen-bond acceptors (Lipinski definition) is 5. The number of aliphatic carboxylic acids is 1. The zero-order valence-corrected chi connectivity index (χ0v) is 26.3. The van der Waals surface area contributed by atoms with Crippen molar-refractivity contribution in [3.8, 4) is 0 Å². The fourth-order valence-corrected chi connectivity index (χ4v) is 9.14. The first-order chi connectivity index (χ1) is 17.5. The van der Waals surface area contributed by atoms with E-state index in [-0.39, 0.29) is 11.2 Å². The highest BCUT2D eigenvalue weighted by atomic mass is 32.2. The van der Waals surface area contributed by atoms with Crippen LogP contribution in [0, 0.1) is 5.92 Å². The van der Waals surface area contributed by atoms with Gasteiger partial charge in [-0.1, -0.05) is 97.3 Å². The van der Waals surface area contributed by atoms with E-state index in [1.165, 1.54) is 64.2 Å². The molecular formula is C29H60O5SSi. The lowest BCUT2D eigenvalue weighted by molar-refractivity contribution is -0.142. The Morgan fingerprint density at radius 2 is 1.11 bits per heavy atom. The number of carbonyl (C=O) groups is 1. The second kappa shape index (κ2) is 25.2. The third-order valence-electron chi connectivity index (χ3n) is 6.78. The summed E-state index contributed by atoms with van der Waals surface area (Å²) in [5.74, 6) is 0.0858. The molecule has 0 aromatic carbocycles. The first kappa shape index (κ1) is 35.9.